The Morgan fingerprint density at radius 1 is 1.40 bits per heavy atom. The van der Waals surface area contributed by atoms with Crippen LogP contribution in [0.3, 0.4) is 0 Å². The molecular weight excluding hydrogens is 278 g/mol. The molecule has 1 aromatic carbocycles. The van der Waals surface area contributed by atoms with Crippen molar-refractivity contribution in [2.45, 2.75) is 32.8 Å². The van der Waals surface area contributed by atoms with Crippen LogP contribution in [0.4, 0.5) is 0 Å². The third kappa shape index (κ3) is 3.49. The Kier molecular flexibility index (Phi) is 4.98. The van der Waals surface area contributed by atoms with Crippen LogP contribution in [-0.2, 0) is 13.0 Å². The van der Waals surface area contributed by atoms with E-state index in [0.717, 1.165) is 5.56 Å². The molecule has 0 atom stereocenters. The maximum atomic E-state index is 6.15. The van der Waals surface area contributed by atoms with Gasteiger partial charge in [0.15, 0.2) is 12.4 Å². The lowest BCUT2D eigenvalue weighted by atomic mass is 10.1. The predicted molar refractivity (Wildman–Crippen MR) is 76.9 cm³/mol. The fourth-order valence-corrected chi connectivity index (χ4v) is 2.02. The summed E-state index contributed by atoms with van der Waals surface area (Å²) in [7, 11) is 0. The van der Waals surface area contributed by atoms with Crippen molar-refractivity contribution in [3.8, 4) is 5.75 Å². The van der Waals surface area contributed by atoms with E-state index in [2.05, 4.69) is 10.1 Å². The monoisotopic (exact) mass is 295 g/mol. The van der Waals surface area contributed by atoms with Gasteiger partial charge in [-0.15, -0.1) is 0 Å². The third-order valence-electron chi connectivity index (χ3n) is 2.82. The molecular formula is C14H18ClN3O2. The zero-order valence-electron chi connectivity index (χ0n) is 11.6. The highest BCUT2D eigenvalue weighted by Crippen LogP contribution is 2.27. The summed E-state index contributed by atoms with van der Waals surface area (Å²) in [5, 5.41) is 4.55. The van der Waals surface area contributed by atoms with Crippen LogP contribution in [0.2, 0.25) is 5.02 Å². The Bertz CT molecular complexity index is 569. The van der Waals surface area contributed by atoms with Crippen LogP contribution in [-0.4, -0.2) is 16.7 Å². The fourth-order valence-electron chi connectivity index (χ4n) is 1.76. The summed E-state index contributed by atoms with van der Waals surface area (Å²) < 4.78 is 10.8. The van der Waals surface area contributed by atoms with Crippen LogP contribution in [0.5, 0.6) is 5.75 Å². The van der Waals surface area contributed by atoms with Crippen LogP contribution < -0.4 is 10.5 Å². The molecule has 1 heterocycles. The van der Waals surface area contributed by atoms with Crippen LogP contribution >= 0.6 is 11.6 Å². The van der Waals surface area contributed by atoms with Gasteiger partial charge in [-0.3, -0.25) is 0 Å². The molecule has 0 radical (unpaired) electrons. The van der Waals surface area contributed by atoms with Crippen molar-refractivity contribution in [3.05, 3.63) is 40.5 Å². The number of hydrogen-bond acceptors (Lipinski definition) is 5. The molecule has 5 nitrogen and oxygen atoms in total. The van der Waals surface area contributed by atoms with Gasteiger partial charge in [-0.1, -0.05) is 36.7 Å². The molecule has 0 aliphatic rings. The predicted octanol–water partition coefficient (Wildman–Crippen LogP) is 2.93. The van der Waals surface area contributed by atoms with E-state index < -0.39 is 0 Å². The molecule has 6 heteroatoms. The standard InChI is InChI=1S/C14H18ClN3O2/c1-9(2)14-17-13(20-18-14)8-19-12-5-3-4-11(15)10(12)6-7-16/h3-5,9H,6-8,16H2,1-2H3. The fraction of sp³-hybridized carbons (Fsp3) is 0.429. The van der Waals surface area contributed by atoms with E-state index >= 15 is 0 Å². The molecule has 0 saturated heterocycles. The van der Waals surface area contributed by atoms with E-state index in [9.17, 15) is 0 Å². The number of hydrogen-bond donors (Lipinski definition) is 1. The molecule has 2 N–H and O–H groups in total. The number of nitrogens with two attached hydrogens (primary N) is 1. The van der Waals surface area contributed by atoms with Crippen LogP contribution in [0, 0.1) is 0 Å². The summed E-state index contributed by atoms with van der Waals surface area (Å²) in [6, 6.07) is 5.52. The second-order valence-electron chi connectivity index (χ2n) is 4.74. The van der Waals surface area contributed by atoms with Gasteiger partial charge >= 0.3 is 0 Å². The lowest BCUT2D eigenvalue weighted by Crippen LogP contribution is -2.06. The molecule has 0 aliphatic carbocycles. The average molecular weight is 296 g/mol. The number of benzene rings is 1. The molecule has 0 aliphatic heterocycles. The van der Waals surface area contributed by atoms with Crippen molar-refractivity contribution in [2.75, 3.05) is 6.54 Å². The van der Waals surface area contributed by atoms with Gasteiger partial charge in [0, 0.05) is 16.5 Å². The Morgan fingerprint density at radius 2 is 2.20 bits per heavy atom. The van der Waals surface area contributed by atoms with Gasteiger partial charge in [0.1, 0.15) is 5.75 Å². The van der Waals surface area contributed by atoms with Gasteiger partial charge in [-0.05, 0) is 25.1 Å². The van der Waals surface area contributed by atoms with Crippen molar-refractivity contribution in [3.63, 3.8) is 0 Å². The van der Waals surface area contributed by atoms with Crippen molar-refractivity contribution in [1.82, 2.24) is 10.1 Å². The zero-order chi connectivity index (χ0) is 14.5. The summed E-state index contributed by atoms with van der Waals surface area (Å²) in [5.41, 5.74) is 6.49. The number of nitrogens with zero attached hydrogens (tertiary/aromatic N) is 2. The second kappa shape index (κ2) is 6.72. The van der Waals surface area contributed by atoms with Crippen molar-refractivity contribution < 1.29 is 9.26 Å². The van der Waals surface area contributed by atoms with Gasteiger partial charge in [-0.25, -0.2) is 0 Å². The minimum atomic E-state index is 0.220. The van der Waals surface area contributed by atoms with Crippen LogP contribution in [0.1, 0.15) is 37.0 Å². The maximum Gasteiger partial charge on any atom is 0.264 e. The number of aromatic nitrogens is 2. The van der Waals surface area contributed by atoms with E-state index in [1.54, 1.807) is 0 Å². The smallest absolute Gasteiger partial charge is 0.264 e. The molecule has 2 rings (SSSR count). The Balaban J connectivity index is 2.08. The quantitative estimate of drug-likeness (QED) is 0.887. The molecule has 2 aromatic rings. The van der Waals surface area contributed by atoms with Gasteiger partial charge < -0.3 is 15.0 Å². The van der Waals surface area contributed by atoms with Crippen molar-refractivity contribution >= 4 is 11.6 Å². The molecule has 0 bridgehead atoms. The largest absolute Gasteiger partial charge is 0.483 e. The highest BCUT2D eigenvalue weighted by atomic mass is 35.5. The Labute approximate surface area is 123 Å². The molecule has 20 heavy (non-hydrogen) atoms. The lowest BCUT2D eigenvalue weighted by molar-refractivity contribution is 0.240. The summed E-state index contributed by atoms with van der Waals surface area (Å²) in [4.78, 5) is 4.26. The van der Waals surface area contributed by atoms with Gasteiger partial charge in [0.2, 0.25) is 0 Å². The summed E-state index contributed by atoms with van der Waals surface area (Å²) in [6.45, 7) is 4.74. The number of halogens is 1. The lowest BCUT2D eigenvalue weighted by Gasteiger charge is -2.10. The molecule has 0 saturated carbocycles. The molecule has 0 amide bonds. The first-order valence-corrected chi connectivity index (χ1v) is 6.92. The van der Waals surface area contributed by atoms with Crippen LogP contribution in [0.25, 0.3) is 0 Å². The topological polar surface area (TPSA) is 74.2 Å². The first-order valence-electron chi connectivity index (χ1n) is 6.54. The number of rotatable bonds is 6. The van der Waals surface area contributed by atoms with E-state index in [1.165, 1.54) is 0 Å². The molecule has 108 valence electrons. The molecule has 0 fully saturated rings. The van der Waals surface area contributed by atoms with Gasteiger partial charge in [-0.2, -0.15) is 4.98 Å². The Morgan fingerprint density at radius 3 is 2.85 bits per heavy atom. The Hall–Kier alpha value is -1.59. The van der Waals surface area contributed by atoms with E-state index in [1.807, 2.05) is 32.0 Å². The third-order valence-corrected chi connectivity index (χ3v) is 3.18. The highest BCUT2D eigenvalue weighted by Gasteiger charge is 2.12. The second-order valence-corrected chi connectivity index (χ2v) is 5.15. The van der Waals surface area contributed by atoms with E-state index in [0.29, 0.717) is 35.5 Å². The zero-order valence-corrected chi connectivity index (χ0v) is 12.4. The number of ether oxygens (including phenoxy) is 1. The highest BCUT2D eigenvalue weighted by molar-refractivity contribution is 6.31. The van der Waals surface area contributed by atoms with Crippen molar-refractivity contribution in [1.29, 1.82) is 0 Å². The summed E-state index contributed by atoms with van der Waals surface area (Å²) in [6.07, 6.45) is 0.663. The van der Waals surface area contributed by atoms with Gasteiger partial charge in [0.05, 0.1) is 0 Å². The normalized spacial score (nSPS) is 11.1. The van der Waals surface area contributed by atoms with Crippen LogP contribution in [0.15, 0.2) is 22.7 Å². The minimum absolute atomic E-state index is 0.220. The van der Waals surface area contributed by atoms with E-state index in [-0.39, 0.29) is 12.5 Å². The summed E-state index contributed by atoms with van der Waals surface area (Å²) in [5.74, 6) is 2.06. The minimum Gasteiger partial charge on any atom is -0.483 e. The molecule has 1 aromatic heterocycles. The molecule has 0 spiro atoms. The van der Waals surface area contributed by atoms with Gasteiger partial charge in [0.25, 0.3) is 5.89 Å². The molecule has 0 unspecified atom stereocenters. The van der Waals surface area contributed by atoms with Crippen molar-refractivity contribution in [2.24, 2.45) is 5.73 Å². The SMILES string of the molecule is CC(C)c1noc(COc2cccc(Cl)c2CCN)n1. The first-order chi connectivity index (χ1) is 9.61. The average Bonchev–Trinajstić information content (AvgIpc) is 2.89. The van der Waals surface area contributed by atoms with E-state index in [4.69, 9.17) is 26.6 Å². The first kappa shape index (κ1) is 14.8. The summed E-state index contributed by atoms with van der Waals surface area (Å²) >= 11 is 6.15. The maximum absolute atomic E-state index is 6.15.